The third-order valence-electron chi connectivity index (χ3n) is 2.93. The van der Waals surface area contributed by atoms with Crippen LogP contribution in [0.15, 0.2) is 60.7 Å². The zero-order valence-corrected chi connectivity index (χ0v) is 13.5. The fourth-order valence-electron chi connectivity index (χ4n) is 1.92. The van der Waals surface area contributed by atoms with E-state index in [1.54, 1.807) is 7.11 Å². The van der Waals surface area contributed by atoms with Crippen LogP contribution in [0.1, 0.15) is 25.0 Å². The fraction of sp³-hybridized carbons (Fsp3) is 0.211. The maximum absolute atomic E-state index is 11.6. The van der Waals surface area contributed by atoms with Crippen LogP contribution in [0.3, 0.4) is 0 Å². The lowest BCUT2D eigenvalue weighted by molar-refractivity contribution is -0.134. The average molecular weight is 298 g/mol. The lowest BCUT2D eigenvalue weighted by Crippen LogP contribution is -1.98. The largest absolute Gasteiger partial charge is 0.497 e. The van der Waals surface area contributed by atoms with Gasteiger partial charge in [-0.15, -0.1) is 0 Å². The molecule has 0 atom stereocenters. The van der Waals surface area contributed by atoms with Crippen molar-refractivity contribution in [3.05, 3.63) is 71.8 Å². The Labute approximate surface area is 132 Å². The monoisotopic (exact) mass is 298 g/mol. The highest BCUT2D eigenvalue weighted by Gasteiger charge is 2.08. The van der Waals surface area contributed by atoms with Crippen LogP contribution in [-0.4, -0.2) is 20.2 Å². The molecule has 0 aliphatic rings. The van der Waals surface area contributed by atoms with E-state index in [0.29, 0.717) is 0 Å². The average Bonchev–Trinajstić information content (AvgIpc) is 2.62. The number of carbonyl (C=O) groups excluding carboxylic acids is 1. The van der Waals surface area contributed by atoms with Gasteiger partial charge in [-0.05, 0) is 28.8 Å². The number of rotatable bonds is 4. The number of esters is 1. The first-order chi connectivity index (χ1) is 10.7. The van der Waals surface area contributed by atoms with Crippen molar-refractivity contribution in [3.63, 3.8) is 0 Å². The number of carbonyl (C=O) groups is 1. The predicted octanol–water partition coefficient (Wildman–Crippen LogP) is 4.33. The Balaban J connectivity index is 0.00000116. The van der Waals surface area contributed by atoms with E-state index in [2.05, 4.69) is 0 Å². The Kier molecular flexibility index (Phi) is 7.48. The fourth-order valence-corrected chi connectivity index (χ4v) is 1.92. The molecule has 0 saturated heterocycles. The predicted molar refractivity (Wildman–Crippen MR) is 89.9 cm³/mol. The summed E-state index contributed by atoms with van der Waals surface area (Å²) < 4.78 is 9.96. The van der Waals surface area contributed by atoms with Gasteiger partial charge in [0.2, 0.25) is 0 Å². The molecule has 2 aromatic rings. The summed E-state index contributed by atoms with van der Waals surface area (Å²) in [4.78, 5) is 11.6. The zero-order chi connectivity index (χ0) is 16.4. The van der Waals surface area contributed by atoms with Crippen LogP contribution in [0, 0.1) is 0 Å². The molecule has 2 aromatic carbocycles. The molecular weight excluding hydrogens is 276 g/mol. The molecule has 0 fully saturated rings. The molecule has 0 aromatic heterocycles. The highest BCUT2D eigenvalue weighted by molar-refractivity contribution is 5.96. The van der Waals surface area contributed by atoms with Gasteiger partial charge in [-0.25, -0.2) is 4.79 Å². The maximum atomic E-state index is 11.6. The Morgan fingerprint density at radius 1 is 0.909 bits per heavy atom. The molecule has 3 heteroatoms. The summed E-state index contributed by atoms with van der Waals surface area (Å²) in [5.41, 5.74) is 2.66. The van der Waals surface area contributed by atoms with E-state index in [-0.39, 0.29) is 5.97 Å². The third kappa shape index (κ3) is 4.77. The number of ether oxygens (including phenoxy) is 2. The summed E-state index contributed by atoms with van der Waals surface area (Å²) in [6, 6.07) is 17.3. The highest BCUT2D eigenvalue weighted by atomic mass is 16.5. The topological polar surface area (TPSA) is 35.5 Å². The van der Waals surface area contributed by atoms with Crippen LogP contribution < -0.4 is 4.74 Å². The first-order valence-corrected chi connectivity index (χ1v) is 7.24. The van der Waals surface area contributed by atoms with E-state index < -0.39 is 0 Å². The van der Waals surface area contributed by atoms with E-state index in [1.165, 1.54) is 13.2 Å². The van der Waals surface area contributed by atoms with Gasteiger partial charge < -0.3 is 9.47 Å². The summed E-state index contributed by atoms with van der Waals surface area (Å²) in [6.45, 7) is 4.00. The smallest absolute Gasteiger partial charge is 0.331 e. The molecule has 0 spiro atoms. The van der Waals surface area contributed by atoms with Gasteiger partial charge in [0, 0.05) is 6.08 Å². The molecule has 0 heterocycles. The summed E-state index contributed by atoms with van der Waals surface area (Å²) in [5.74, 6) is 0.362. The minimum Gasteiger partial charge on any atom is -0.497 e. The SMILES string of the molecule is CC.COC(=O)C=C(c1ccccc1)c1cccc(OC)c1. The highest BCUT2D eigenvalue weighted by Crippen LogP contribution is 2.26. The quantitative estimate of drug-likeness (QED) is 0.622. The molecule has 0 radical (unpaired) electrons. The van der Waals surface area contributed by atoms with Gasteiger partial charge in [0.25, 0.3) is 0 Å². The summed E-state index contributed by atoms with van der Waals surface area (Å²) in [5, 5.41) is 0. The van der Waals surface area contributed by atoms with Gasteiger partial charge in [0.05, 0.1) is 14.2 Å². The molecule has 22 heavy (non-hydrogen) atoms. The second-order valence-corrected chi connectivity index (χ2v) is 4.18. The molecule has 3 nitrogen and oxygen atoms in total. The van der Waals surface area contributed by atoms with Crippen LogP contribution >= 0.6 is 0 Å². The van der Waals surface area contributed by atoms with Crippen molar-refractivity contribution in [1.29, 1.82) is 0 Å². The van der Waals surface area contributed by atoms with Crippen LogP contribution in [-0.2, 0) is 9.53 Å². The lowest BCUT2D eigenvalue weighted by Gasteiger charge is -2.09. The number of benzene rings is 2. The molecule has 116 valence electrons. The zero-order valence-electron chi connectivity index (χ0n) is 13.5. The Bertz CT molecular complexity index is 616. The summed E-state index contributed by atoms with van der Waals surface area (Å²) in [7, 11) is 2.98. The molecule has 0 saturated carbocycles. The standard InChI is InChI=1S/C17H16O3.C2H6/c1-19-15-10-6-9-14(11-15)16(12-17(18)20-2)13-7-4-3-5-8-13;1-2/h3-12H,1-2H3;1-2H3. The Morgan fingerprint density at radius 2 is 1.55 bits per heavy atom. The number of hydrogen-bond donors (Lipinski definition) is 0. The van der Waals surface area contributed by atoms with E-state index >= 15 is 0 Å². The van der Waals surface area contributed by atoms with Crippen LogP contribution in [0.4, 0.5) is 0 Å². The molecule has 0 aliphatic carbocycles. The van der Waals surface area contributed by atoms with E-state index in [0.717, 1.165) is 22.4 Å². The van der Waals surface area contributed by atoms with Gasteiger partial charge in [-0.3, -0.25) is 0 Å². The van der Waals surface area contributed by atoms with Crippen molar-refractivity contribution in [2.75, 3.05) is 14.2 Å². The maximum Gasteiger partial charge on any atom is 0.331 e. The molecule has 0 N–H and O–H groups in total. The van der Waals surface area contributed by atoms with Crippen LogP contribution in [0.25, 0.3) is 5.57 Å². The van der Waals surface area contributed by atoms with Crippen molar-refractivity contribution < 1.29 is 14.3 Å². The van der Waals surface area contributed by atoms with Crippen molar-refractivity contribution in [3.8, 4) is 5.75 Å². The van der Waals surface area contributed by atoms with Crippen molar-refractivity contribution in [2.45, 2.75) is 13.8 Å². The first-order valence-electron chi connectivity index (χ1n) is 7.24. The molecular formula is C19H22O3. The van der Waals surface area contributed by atoms with Crippen molar-refractivity contribution >= 4 is 11.5 Å². The van der Waals surface area contributed by atoms with Gasteiger partial charge in [-0.1, -0.05) is 56.3 Å². The van der Waals surface area contributed by atoms with Crippen molar-refractivity contribution in [1.82, 2.24) is 0 Å². The normalized spacial score (nSPS) is 10.3. The number of methoxy groups -OCH3 is 2. The van der Waals surface area contributed by atoms with E-state index in [4.69, 9.17) is 9.47 Å². The number of hydrogen-bond acceptors (Lipinski definition) is 3. The molecule has 0 bridgehead atoms. The Morgan fingerprint density at radius 3 is 2.14 bits per heavy atom. The minimum atomic E-state index is -0.383. The second-order valence-electron chi connectivity index (χ2n) is 4.18. The van der Waals surface area contributed by atoms with Gasteiger partial charge in [-0.2, -0.15) is 0 Å². The summed E-state index contributed by atoms with van der Waals surface area (Å²) >= 11 is 0. The van der Waals surface area contributed by atoms with Gasteiger partial charge in [0.1, 0.15) is 5.75 Å². The Hall–Kier alpha value is -2.55. The first kappa shape index (κ1) is 17.5. The van der Waals surface area contributed by atoms with Gasteiger partial charge >= 0.3 is 5.97 Å². The van der Waals surface area contributed by atoms with Crippen LogP contribution in [0.2, 0.25) is 0 Å². The van der Waals surface area contributed by atoms with Gasteiger partial charge in [0.15, 0.2) is 0 Å². The molecule has 0 amide bonds. The second kappa shape index (κ2) is 9.40. The summed E-state index contributed by atoms with van der Waals surface area (Å²) in [6.07, 6.45) is 1.49. The van der Waals surface area contributed by atoms with E-state index in [1.807, 2.05) is 68.4 Å². The van der Waals surface area contributed by atoms with E-state index in [9.17, 15) is 4.79 Å². The molecule has 0 unspecified atom stereocenters. The van der Waals surface area contributed by atoms with Crippen LogP contribution in [0.5, 0.6) is 5.75 Å². The minimum absolute atomic E-state index is 0.383. The van der Waals surface area contributed by atoms with Crippen molar-refractivity contribution in [2.24, 2.45) is 0 Å². The lowest BCUT2D eigenvalue weighted by atomic mass is 9.97. The molecule has 0 aliphatic heterocycles. The molecule has 2 rings (SSSR count). The third-order valence-corrected chi connectivity index (χ3v) is 2.93.